The molecule has 5 heteroatoms. The summed E-state index contributed by atoms with van der Waals surface area (Å²) >= 11 is 0. The van der Waals surface area contributed by atoms with E-state index in [9.17, 15) is 4.79 Å². The van der Waals surface area contributed by atoms with Gasteiger partial charge in [-0.3, -0.25) is 9.79 Å². The maximum atomic E-state index is 12.0. The summed E-state index contributed by atoms with van der Waals surface area (Å²) in [6, 6.07) is 0.782. The minimum atomic E-state index is 0.146. The van der Waals surface area contributed by atoms with Crippen LogP contribution in [0.5, 0.6) is 0 Å². The van der Waals surface area contributed by atoms with Gasteiger partial charge in [0.15, 0.2) is 5.96 Å². The number of carbonyl (C=O) groups is 1. The minimum absolute atomic E-state index is 0.146. The van der Waals surface area contributed by atoms with Crippen molar-refractivity contribution >= 4 is 11.9 Å². The molecule has 0 radical (unpaired) electrons. The number of hydrogen-bond donors (Lipinski definition) is 3. The Bertz CT molecular complexity index is 362. The number of aliphatic imine (C=N–C) groups is 1. The molecule has 1 amide bonds. The average Bonchev–Trinajstić information content (AvgIpc) is 2.52. The second kappa shape index (κ2) is 11.3. The Labute approximate surface area is 142 Å². The first-order valence-electron chi connectivity index (χ1n) is 9.27. The molecule has 134 valence electrons. The Hall–Kier alpha value is -1.26. The van der Waals surface area contributed by atoms with Gasteiger partial charge in [0.25, 0.3) is 0 Å². The summed E-state index contributed by atoms with van der Waals surface area (Å²) in [7, 11) is 1.77. The Morgan fingerprint density at radius 3 is 2.43 bits per heavy atom. The number of hydrogen-bond acceptors (Lipinski definition) is 2. The van der Waals surface area contributed by atoms with Crippen LogP contribution in [-0.4, -0.2) is 37.5 Å². The summed E-state index contributed by atoms with van der Waals surface area (Å²) in [6.07, 6.45) is 8.89. The van der Waals surface area contributed by atoms with Crippen LogP contribution < -0.4 is 16.0 Å². The molecule has 1 fully saturated rings. The van der Waals surface area contributed by atoms with Crippen LogP contribution >= 0.6 is 0 Å². The topological polar surface area (TPSA) is 65.5 Å². The lowest BCUT2D eigenvalue weighted by atomic mass is 9.95. The number of guanidine groups is 1. The van der Waals surface area contributed by atoms with Crippen molar-refractivity contribution in [3.63, 3.8) is 0 Å². The molecule has 1 aliphatic carbocycles. The summed E-state index contributed by atoms with van der Waals surface area (Å²) in [5.41, 5.74) is 0. The zero-order valence-electron chi connectivity index (χ0n) is 15.5. The molecule has 1 rings (SSSR count). The van der Waals surface area contributed by atoms with Gasteiger partial charge in [-0.1, -0.05) is 33.1 Å². The number of amides is 1. The summed E-state index contributed by atoms with van der Waals surface area (Å²) in [6.45, 7) is 7.27. The van der Waals surface area contributed by atoms with E-state index in [1.165, 1.54) is 25.7 Å². The number of carbonyl (C=O) groups excluding carboxylic acids is 1. The largest absolute Gasteiger partial charge is 0.356 e. The van der Waals surface area contributed by atoms with Gasteiger partial charge in [-0.05, 0) is 38.5 Å². The number of nitrogens with zero attached hydrogens (tertiary/aromatic N) is 1. The van der Waals surface area contributed by atoms with Crippen LogP contribution in [0.3, 0.4) is 0 Å². The van der Waals surface area contributed by atoms with Crippen molar-refractivity contribution in [3.05, 3.63) is 0 Å². The molecule has 3 N–H and O–H groups in total. The van der Waals surface area contributed by atoms with E-state index in [1.807, 2.05) is 0 Å². The van der Waals surface area contributed by atoms with E-state index < -0.39 is 0 Å². The van der Waals surface area contributed by atoms with E-state index in [1.54, 1.807) is 7.05 Å². The van der Waals surface area contributed by atoms with Crippen molar-refractivity contribution in [1.82, 2.24) is 16.0 Å². The van der Waals surface area contributed by atoms with Crippen LogP contribution in [0.2, 0.25) is 0 Å². The molecular formula is C18H36N4O. The van der Waals surface area contributed by atoms with E-state index in [0.29, 0.717) is 25.0 Å². The molecule has 5 nitrogen and oxygen atoms in total. The lowest BCUT2D eigenvalue weighted by Gasteiger charge is -2.23. The van der Waals surface area contributed by atoms with Crippen molar-refractivity contribution in [2.24, 2.45) is 10.9 Å². The van der Waals surface area contributed by atoms with Crippen LogP contribution in [0.15, 0.2) is 4.99 Å². The van der Waals surface area contributed by atoms with Gasteiger partial charge in [0.2, 0.25) is 5.91 Å². The molecule has 0 aromatic rings. The molecule has 0 aromatic carbocycles. The molecule has 0 spiro atoms. The predicted octanol–water partition coefficient (Wildman–Crippen LogP) is 2.82. The van der Waals surface area contributed by atoms with Gasteiger partial charge in [0, 0.05) is 32.1 Å². The third-order valence-electron chi connectivity index (χ3n) is 4.40. The van der Waals surface area contributed by atoms with Crippen LogP contribution in [0.4, 0.5) is 0 Å². The maximum Gasteiger partial charge on any atom is 0.221 e. The molecule has 0 aromatic heterocycles. The lowest BCUT2D eigenvalue weighted by molar-refractivity contribution is -0.121. The number of rotatable bonds is 8. The molecule has 0 aliphatic heterocycles. The normalized spacial score (nSPS) is 17.9. The van der Waals surface area contributed by atoms with Gasteiger partial charge in [-0.25, -0.2) is 0 Å². The summed E-state index contributed by atoms with van der Waals surface area (Å²) in [5.74, 6) is 1.65. The first kappa shape index (κ1) is 19.8. The van der Waals surface area contributed by atoms with Gasteiger partial charge in [-0.15, -0.1) is 0 Å². The summed E-state index contributed by atoms with van der Waals surface area (Å²) in [5, 5.41) is 9.76. The van der Waals surface area contributed by atoms with Crippen LogP contribution in [0.25, 0.3) is 0 Å². The molecule has 0 bridgehead atoms. The van der Waals surface area contributed by atoms with E-state index >= 15 is 0 Å². The smallest absolute Gasteiger partial charge is 0.221 e. The van der Waals surface area contributed by atoms with Crippen molar-refractivity contribution in [1.29, 1.82) is 0 Å². The summed E-state index contributed by atoms with van der Waals surface area (Å²) < 4.78 is 0. The van der Waals surface area contributed by atoms with E-state index in [-0.39, 0.29) is 5.91 Å². The summed E-state index contributed by atoms with van der Waals surface area (Å²) in [4.78, 5) is 16.2. The Kier molecular flexibility index (Phi) is 9.72. The Morgan fingerprint density at radius 2 is 1.83 bits per heavy atom. The second-order valence-electron chi connectivity index (χ2n) is 7.17. The quantitative estimate of drug-likeness (QED) is 0.475. The molecule has 23 heavy (non-hydrogen) atoms. The van der Waals surface area contributed by atoms with Crippen molar-refractivity contribution < 1.29 is 4.79 Å². The van der Waals surface area contributed by atoms with Gasteiger partial charge < -0.3 is 16.0 Å². The molecule has 0 heterocycles. The van der Waals surface area contributed by atoms with Gasteiger partial charge in [0.1, 0.15) is 0 Å². The maximum absolute atomic E-state index is 12.0. The molecular weight excluding hydrogens is 288 g/mol. The van der Waals surface area contributed by atoms with Crippen LogP contribution in [0.1, 0.15) is 72.1 Å². The predicted molar refractivity (Wildman–Crippen MR) is 97.7 cm³/mol. The first-order chi connectivity index (χ1) is 11.0. The molecule has 1 saturated carbocycles. The highest BCUT2D eigenvalue weighted by molar-refractivity contribution is 5.81. The van der Waals surface area contributed by atoms with E-state index in [2.05, 4.69) is 41.7 Å². The second-order valence-corrected chi connectivity index (χ2v) is 7.17. The van der Waals surface area contributed by atoms with Crippen molar-refractivity contribution in [2.45, 2.75) is 84.2 Å². The fourth-order valence-electron chi connectivity index (χ4n) is 2.92. The Morgan fingerprint density at radius 1 is 1.13 bits per heavy atom. The van der Waals surface area contributed by atoms with Crippen molar-refractivity contribution in [2.75, 3.05) is 13.6 Å². The highest BCUT2D eigenvalue weighted by atomic mass is 16.1. The minimum Gasteiger partial charge on any atom is -0.356 e. The van der Waals surface area contributed by atoms with Crippen molar-refractivity contribution in [3.8, 4) is 0 Å². The monoisotopic (exact) mass is 324 g/mol. The third kappa shape index (κ3) is 9.47. The van der Waals surface area contributed by atoms with Crippen LogP contribution in [0, 0.1) is 5.92 Å². The van der Waals surface area contributed by atoms with E-state index in [0.717, 1.165) is 31.1 Å². The van der Waals surface area contributed by atoms with Crippen LogP contribution in [-0.2, 0) is 4.79 Å². The SMILES string of the molecule is CN=C(NCCC(=O)NC1CCCCC1)NC(C)CCC(C)C. The fraction of sp³-hybridized carbons (Fsp3) is 0.889. The molecule has 1 unspecified atom stereocenters. The highest BCUT2D eigenvalue weighted by Crippen LogP contribution is 2.17. The molecule has 0 saturated heterocycles. The zero-order chi connectivity index (χ0) is 17.1. The van der Waals surface area contributed by atoms with Gasteiger partial charge in [-0.2, -0.15) is 0 Å². The molecule has 1 aliphatic rings. The third-order valence-corrected chi connectivity index (χ3v) is 4.40. The number of nitrogens with one attached hydrogen (secondary N) is 3. The lowest BCUT2D eigenvalue weighted by Crippen LogP contribution is -2.44. The standard InChI is InChI=1S/C18H36N4O/c1-14(2)10-11-15(3)21-18(19-4)20-13-12-17(23)22-16-8-6-5-7-9-16/h14-16H,5-13H2,1-4H3,(H,22,23)(H2,19,20,21). The first-order valence-corrected chi connectivity index (χ1v) is 9.27. The van der Waals surface area contributed by atoms with Gasteiger partial charge >= 0.3 is 0 Å². The zero-order valence-corrected chi connectivity index (χ0v) is 15.5. The average molecular weight is 325 g/mol. The highest BCUT2D eigenvalue weighted by Gasteiger charge is 2.15. The van der Waals surface area contributed by atoms with E-state index in [4.69, 9.17) is 0 Å². The fourth-order valence-corrected chi connectivity index (χ4v) is 2.92. The van der Waals surface area contributed by atoms with Gasteiger partial charge in [0.05, 0.1) is 0 Å². The Balaban J connectivity index is 2.17. The molecule has 1 atom stereocenters.